The minimum Gasteiger partial charge on any atom is -0.358 e. The Hall–Kier alpha value is -0.870. The van der Waals surface area contributed by atoms with Gasteiger partial charge in [-0.15, -0.1) is 0 Å². The molecule has 1 amide bonds. The molecule has 0 aliphatic heterocycles. The number of halogens is 1. The number of amides is 1. The number of nitrogens with one attached hydrogen (secondary N) is 2. The lowest BCUT2D eigenvalue weighted by atomic mass is 10.1. The summed E-state index contributed by atoms with van der Waals surface area (Å²) in [5.41, 5.74) is 1.26. The van der Waals surface area contributed by atoms with Crippen LogP contribution in [0.4, 0.5) is 0 Å². The van der Waals surface area contributed by atoms with Crippen molar-refractivity contribution < 1.29 is 4.79 Å². The quantitative estimate of drug-likeness (QED) is 0.874. The van der Waals surface area contributed by atoms with E-state index in [9.17, 15) is 4.79 Å². The molecule has 0 saturated carbocycles. The third-order valence-corrected chi connectivity index (χ3v) is 3.16. The van der Waals surface area contributed by atoms with E-state index in [-0.39, 0.29) is 18.0 Å². The number of likely N-dealkylation sites (N-methyl/N-ethyl adjacent to an activating group) is 1. The molecule has 0 bridgehead atoms. The van der Waals surface area contributed by atoms with Gasteiger partial charge < -0.3 is 10.6 Å². The largest absolute Gasteiger partial charge is 0.358 e. The van der Waals surface area contributed by atoms with Crippen LogP contribution < -0.4 is 10.6 Å². The standard InChI is InChI=1S/C13H19BrN2O/c1-9(16-10(2)13(17)15-3)8-11-4-6-12(14)7-5-11/h4-7,9-10,16H,8H2,1-3H3,(H,15,17). The highest BCUT2D eigenvalue weighted by Crippen LogP contribution is 2.11. The van der Waals surface area contributed by atoms with Gasteiger partial charge in [-0.25, -0.2) is 0 Å². The van der Waals surface area contributed by atoms with E-state index in [1.54, 1.807) is 7.05 Å². The van der Waals surface area contributed by atoms with Gasteiger partial charge >= 0.3 is 0 Å². The van der Waals surface area contributed by atoms with E-state index in [4.69, 9.17) is 0 Å². The van der Waals surface area contributed by atoms with Crippen molar-refractivity contribution in [1.82, 2.24) is 10.6 Å². The Morgan fingerprint density at radius 2 is 1.88 bits per heavy atom. The van der Waals surface area contributed by atoms with Gasteiger partial charge in [-0.05, 0) is 38.0 Å². The maximum absolute atomic E-state index is 11.4. The normalized spacial score (nSPS) is 14.1. The third kappa shape index (κ3) is 4.88. The third-order valence-electron chi connectivity index (χ3n) is 2.63. The zero-order valence-corrected chi connectivity index (χ0v) is 12.0. The van der Waals surface area contributed by atoms with Crippen molar-refractivity contribution in [3.05, 3.63) is 34.3 Å². The van der Waals surface area contributed by atoms with Gasteiger partial charge in [0.1, 0.15) is 0 Å². The number of benzene rings is 1. The summed E-state index contributed by atoms with van der Waals surface area (Å²) in [7, 11) is 1.65. The molecule has 2 atom stereocenters. The number of rotatable bonds is 5. The second-order valence-electron chi connectivity index (χ2n) is 4.23. The highest BCUT2D eigenvalue weighted by atomic mass is 79.9. The minimum absolute atomic E-state index is 0.0210. The first kappa shape index (κ1) is 14.2. The van der Waals surface area contributed by atoms with Crippen LogP contribution in [0.5, 0.6) is 0 Å². The minimum atomic E-state index is -0.162. The van der Waals surface area contributed by atoms with Gasteiger partial charge in [0, 0.05) is 17.6 Å². The van der Waals surface area contributed by atoms with Gasteiger partial charge in [-0.3, -0.25) is 4.79 Å². The first-order valence-electron chi connectivity index (χ1n) is 5.75. The first-order chi connectivity index (χ1) is 8.02. The zero-order valence-electron chi connectivity index (χ0n) is 10.5. The predicted molar refractivity (Wildman–Crippen MR) is 74.0 cm³/mol. The smallest absolute Gasteiger partial charge is 0.236 e. The fourth-order valence-corrected chi connectivity index (χ4v) is 2.02. The first-order valence-corrected chi connectivity index (χ1v) is 6.54. The van der Waals surface area contributed by atoms with Crippen LogP contribution in [0.25, 0.3) is 0 Å². The summed E-state index contributed by atoms with van der Waals surface area (Å²) in [6, 6.07) is 8.35. The highest BCUT2D eigenvalue weighted by Gasteiger charge is 2.13. The van der Waals surface area contributed by atoms with Crippen molar-refractivity contribution in [3.8, 4) is 0 Å². The molecule has 4 heteroatoms. The number of carbonyl (C=O) groups is 1. The molecule has 0 aliphatic carbocycles. The van der Waals surface area contributed by atoms with Crippen molar-refractivity contribution in [2.24, 2.45) is 0 Å². The summed E-state index contributed by atoms with van der Waals surface area (Å²) in [4.78, 5) is 11.4. The molecule has 3 nitrogen and oxygen atoms in total. The number of hydrogen-bond donors (Lipinski definition) is 2. The number of carbonyl (C=O) groups excluding carboxylic acids is 1. The average Bonchev–Trinajstić information content (AvgIpc) is 2.30. The Morgan fingerprint density at radius 3 is 2.41 bits per heavy atom. The van der Waals surface area contributed by atoms with Crippen LogP contribution in [0, 0.1) is 0 Å². The van der Waals surface area contributed by atoms with Gasteiger partial charge in [-0.2, -0.15) is 0 Å². The van der Waals surface area contributed by atoms with Crippen molar-refractivity contribution in [1.29, 1.82) is 0 Å². The summed E-state index contributed by atoms with van der Waals surface area (Å²) in [5, 5.41) is 5.90. The van der Waals surface area contributed by atoms with Crippen LogP contribution in [-0.4, -0.2) is 25.0 Å². The molecule has 0 aromatic heterocycles. The summed E-state index contributed by atoms with van der Waals surface area (Å²) in [6.07, 6.45) is 0.911. The number of hydrogen-bond acceptors (Lipinski definition) is 2. The van der Waals surface area contributed by atoms with E-state index in [2.05, 4.69) is 45.6 Å². The van der Waals surface area contributed by atoms with Crippen molar-refractivity contribution in [2.45, 2.75) is 32.4 Å². The Bertz CT molecular complexity index is 364. The van der Waals surface area contributed by atoms with E-state index < -0.39 is 0 Å². The van der Waals surface area contributed by atoms with E-state index in [1.807, 2.05) is 19.1 Å². The SMILES string of the molecule is CNC(=O)C(C)NC(C)Cc1ccc(Br)cc1. The Labute approximate surface area is 111 Å². The Kier molecular flexibility index (Phi) is 5.65. The maximum Gasteiger partial charge on any atom is 0.236 e. The van der Waals surface area contributed by atoms with Crippen LogP contribution in [-0.2, 0) is 11.2 Å². The highest BCUT2D eigenvalue weighted by molar-refractivity contribution is 9.10. The summed E-state index contributed by atoms with van der Waals surface area (Å²) in [5.74, 6) is 0.0210. The van der Waals surface area contributed by atoms with E-state index in [0.29, 0.717) is 0 Å². The van der Waals surface area contributed by atoms with Crippen LogP contribution in [0.15, 0.2) is 28.7 Å². The molecule has 0 radical (unpaired) electrons. The van der Waals surface area contributed by atoms with Crippen molar-refractivity contribution >= 4 is 21.8 Å². The summed E-state index contributed by atoms with van der Waals surface area (Å²) < 4.78 is 1.08. The van der Waals surface area contributed by atoms with Gasteiger partial charge in [0.25, 0.3) is 0 Å². The molecule has 1 aromatic carbocycles. The molecule has 0 fully saturated rings. The molecule has 2 unspecified atom stereocenters. The molecule has 2 N–H and O–H groups in total. The lowest BCUT2D eigenvalue weighted by Gasteiger charge is -2.18. The molecule has 17 heavy (non-hydrogen) atoms. The average molecular weight is 299 g/mol. The summed E-state index contributed by atoms with van der Waals surface area (Å²) >= 11 is 3.41. The molecule has 0 saturated heterocycles. The fraction of sp³-hybridized carbons (Fsp3) is 0.462. The van der Waals surface area contributed by atoms with Gasteiger partial charge in [0.05, 0.1) is 6.04 Å². The predicted octanol–water partition coefficient (Wildman–Crippen LogP) is 2.10. The van der Waals surface area contributed by atoms with E-state index in [0.717, 1.165) is 10.9 Å². The van der Waals surface area contributed by atoms with Crippen molar-refractivity contribution in [2.75, 3.05) is 7.05 Å². The van der Waals surface area contributed by atoms with Gasteiger partial charge in [-0.1, -0.05) is 28.1 Å². The zero-order chi connectivity index (χ0) is 12.8. The van der Waals surface area contributed by atoms with Gasteiger partial charge in [0.15, 0.2) is 0 Å². The molecule has 94 valence electrons. The molecule has 1 aromatic rings. The van der Waals surface area contributed by atoms with Crippen LogP contribution >= 0.6 is 15.9 Å². The Morgan fingerprint density at radius 1 is 1.29 bits per heavy atom. The molecule has 1 rings (SSSR count). The fourth-order valence-electron chi connectivity index (χ4n) is 1.75. The summed E-state index contributed by atoms with van der Waals surface area (Å²) in [6.45, 7) is 3.96. The monoisotopic (exact) mass is 298 g/mol. The van der Waals surface area contributed by atoms with E-state index in [1.165, 1.54) is 5.56 Å². The maximum atomic E-state index is 11.4. The molecular formula is C13H19BrN2O. The lowest BCUT2D eigenvalue weighted by Crippen LogP contribution is -2.45. The topological polar surface area (TPSA) is 41.1 Å². The van der Waals surface area contributed by atoms with Crippen LogP contribution in [0.1, 0.15) is 19.4 Å². The van der Waals surface area contributed by atoms with Crippen molar-refractivity contribution in [3.63, 3.8) is 0 Å². The molecule has 0 spiro atoms. The molecule has 0 heterocycles. The molecular weight excluding hydrogens is 280 g/mol. The lowest BCUT2D eigenvalue weighted by molar-refractivity contribution is -0.122. The molecule has 0 aliphatic rings. The van der Waals surface area contributed by atoms with Crippen LogP contribution in [0.3, 0.4) is 0 Å². The second-order valence-corrected chi connectivity index (χ2v) is 5.15. The second kappa shape index (κ2) is 6.77. The van der Waals surface area contributed by atoms with Crippen LogP contribution in [0.2, 0.25) is 0 Å². The Balaban J connectivity index is 2.46. The van der Waals surface area contributed by atoms with E-state index >= 15 is 0 Å². The van der Waals surface area contributed by atoms with Gasteiger partial charge in [0.2, 0.25) is 5.91 Å².